The Morgan fingerprint density at radius 3 is 2.39 bits per heavy atom. The van der Waals surface area contributed by atoms with Gasteiger partial charge in [-0.3, -0.25) is 4.79 Å². The summed E-state index contributed by atoms with van der Waals surface area (Å²) in [6.07, 6.45) is 12.5. The SMILES string of the molecule is CC(C)CC(=O)C[C@@H](C)[C@H]1CC[C@H]2[C@@H]3CC=C4C(C)(C)[C@@H](O)CC[C@]4(C)[C@H]3CC[C@]12C. The lowest BCUT2D eigenvalue weighted by atomic mass is 9.44. The number of aliphatic hydroxyl groups is 1. The lowest BCUT2D eigenvalue weighted by molar-refractivity contribution is -0.121. The highest BCUT2D eigenvalue weighted by Crippen LogP contribution is 2.68. The van der Waals surface area contributed by atoms with Crippen molar-refractivity contribution in [1.82, 2.24) is 0 Å². The first kappa shape index (κ1) is 23.5. The summed E-state index contributed by atoms with van der Waals surface area (Å²) < 4.78 is 0. The average Bonchev–Trinajstić information content (AvgIpc) is 3.02. The van der Waals surface area contributed by atoms with Crippen molar-refractivity contribution in [3.05, 3.63) is 11.6 Å². The van der Waals surface area contributed by atoms with Crippen molar-refractivity contribution in [2.45, 2.75) is 112 Å². The Balaban J connectivity index is 1.55. The molecule has 0 heterocycles. The minimum absolute atomic E-state index is 0.0811. The topological polar surface area (TPSA) is 37.3 Å². The zero-order valence-corrected chi connectivity index (χ0v) is 21.3. The van der Waals surface area contributed by atoms with E-state index in [9.17, 15) is 9.90 Å². The molecule has 4 aliphatic rings. The van der Waals surface area contributed by atoms with Crippen LogP contribution in [0.2, 0.25) is 0 Å². The molecule has 0 unspecified atom stereocenters. The average molecular weight is 429 g/mol. The van der Waals surface area contributed by atoms with Crippen LogP contribution in [0, 0.1) is 51.8 Å². The third-order valence-electron chi connectivity index (χ3n) is 10.9. The molecular weight excluding hydrogens is 380 g/mol. The van der Waals surface area contributed by atoms with Crippen molar-refractivity contribution in [2.75, 3.05) is 0 Å². The van der Waals surface area contributed by atoms with Crippen molar-refractivity contribution in [2.24, 2.45) is 51.8 Å². The number of ketones is 1. The summed E-state index contributed by atoms with van der Waals surface area (Å²) >= 11 is 0. The summed E-state index contributed by atoms with van der Waals surface area (Å²) in [7, 11) is 0. The summed E-state index contributed by atoms with van der Waals surface area (Å²) in [6, 6.07) is 0. The van der Waals surface area contributed by atoms with Crippen molar-refractivity contribution < 1.29 is 9.90 Å². The van der Waals surface area contributed by atoms with E-state index in [1.165, 1.54) is 32.1 Å². The summed E-state index contributed by atoms with van der Waals surface area (Å²) in [5.41, 5.74) is 2.15. The molecule has 3 saturated carbocycles. The number of hydrogen-bond acceptors (Lipinski definition) is 2. The van der Waals surface area contributed by atoms with E-state index in [1.54, 1.807) is 5.57 Å². The lowest BCUT2D eigenvalue weighted by Crippen LogP contribution is -2.54. The molecule has 2 nitrogen and oxygen atoms in total. The van der Waals surface area contributed by atoms with Crippen LogP contribution in [-0.4, -0.2) is 17.0 Å². The van der Waals surface area contributed by atoms with E-state index in [2.05, 4.69) is 54.5 Å². The van der Waals surface area contributed by atoms with Gasteiger partial charge in [0.05, 0.1) is 6.10 Å². The number of aliphatic hydroxyl groups excluding tert-OH is 1. The number of rotatable bonds is 5. The third kappa shape index (κ3) is 3.68. The summed E-state index contributed by atoms with van der Waals surface area (Å²) in [5, 5.41) is 10.7. The molecule has 0 spiro atoms. The third-order valence-corrected chi connectivity index (χ3v) is 10.9. The molecule has 0 aromatic heterocycles. The molecule has 8 atom stereocenters. The first-order valence-corrected chi connectivity index (χ1v) is 13.3. The maximum atomic E-state index is 12.6. The maximum absolute atomic E-state index is 12.6. The Bertz CT molecular complexity index is 733. The second-order valence-electron chi connectivity index (χ2n) is 13.5. The fourth-order valence-electron chi connectivity index (χ4n) is 9.41. The van der Waals surface area contributed by atoms with Gasteiger partial charge in [-0.2, -0.15) is 0 Å². The molecule has 4 aliphatic carbocycles. The van der Waals surface area contributed by atoms with E-state index in [1.807, 2.05) is 0 Å². The van der Waals surface area contributed by atoms with Crippen LogP contribution in [0.5, 0.6) is 0 Å². The molecule has 0 aromatic carbocycles. The number of carbonyl (C=O) groups is 1. The van der Waals surface area contributed by atoms with E-state index < -0.39 is 0 Å². The molecule has 4 rings (SSSR count). The van der Waals surface area contributed by atoms with E-state index in [0.717, 1.165) is 43.4 Å². The Kier molecular flexibility index (Phi) is 6.07. The van der Waals surface area contributed by atoms with Gasteiger partial charge in [0.25, 0.3) is 0 Å². The monoisotopic (exact) mass is 428 g/mol. The van der Waals surface area contributed by atoms with E-state index in [4.69, 9.17) is 0 Å². The molecule has 176 valence electrons. The normalized spacial score (nSPS) is 44.8. The molecule has 0 aromatic rings. The molecule has 2 heteroatoms. The predicted molar refractivity (Wildman–Crippen MR) is 129 cm³/mol. The molecule has 0 saturated heterocycles. The highest BCUT2D eigenvalue weighted by atomic mass is 16.3. The zero-order chi connectivity index (χ0) is 22.8. The van der Waals surface area contributed by atoms with Crippen LogP contribution < -0.4 is 0 Å². The minimum atomic E-state index is -0.197. The van der Waals surface area contributed by atoms with Crippen LogP contribution in [0.25, 0.3) is 0 Å². The lowest BCUT2D eigenvalue weighted by Gasteiger charge is -2.61. The molecule has 3 fully saturated rings. The minimum Gasteiger partial charge on any atom is -0.392 e. The number of hydrogen-bond donors (Lipinski definition) is 1. The Labute approximate surface area is 191 Å². The van der Waals surface area contributed by atoms with E-state index in [0.29, 0.717) is 29.0 Å². The maximum Gasteiger partial charge on any atom is 0.133 e. The van der Waals surface area contributed by atoms with Gasteiger partial charge >= 0.3 is 0 Å². The van der Waals surface area contributed by atoms with Crippen molar-refractivity contribution in [1.29, 1.82) is 0 Å². The molecule has 0 aliphatic heterocycles. The Morgan fingerprint density at radius 1 is 1.00 bits per heavy atom. The zero-order valence-electron chi connectivity index (χ0n) is 21.3. The summed E-state index contributed by atoms with van der Waals surface area (Å²) in [5.74, 6) is 4.55. The second kappa shape index (κ2) is 8.00. The van der Waals surface area contributed by atoms with Gasteiger partial charge in [-0.05, 0) is 91.3 Å². The molecule has 0 radical (unpaired) electrons. The van der Waals surface area contributed by atoms with Gasteiger partial charge in [0, 0.05) is 18.3 Å². The van der Waals surface area contributed by atoms with Gasteiger partial charge in [0.1, 0.15) is 5.78 Å². The number of fused-ring (bicyclic) bond motifs is 5. The number of Topliss-reactive ketones (excluding diaryl/α,β-unsaturated/α-hetero) is 1. The van der Waals surface area contributed by atoms with Gasteiger partial charge in [-0.15, -0.1) is 0 Å². The van der Waals surface area contributed by atoms with Gasteiger partial charge in [0.15, 0.2) is 0 Å². The fourth-order valence-corrected chi connectivity index (χ4v) is 9.41. The highest BCUT2D eigenvalue weighted by Gasteiger charge is 2.61. The molecular formula is C29H48O2. The van der Waals surface area contributed by atoms with Crippen LogP contribution in [0.4, 0.5) is 0 Å². The van der Waals surface area contributed by atoms with Crippen LogP contribution >= 0.6 is 0 Å². The van der Waals surface area contributed by atoms with Crippen LogP contribution in [0.15, 0.2) is 11.6 Å². The number of allylic oxidation sites excluding steroid dienone is 1. The Hall–Kier alpha value is -0.630. The molecule has 0 bridgehead atoms. The number of carbonyl (C=O) groups excluding carboxylic acids is 1. The van der Waals surface area contributed by atoms with E-state index in [-0.39, 0.29) is 16.9 Å². The first-order valence-electron chi connectivity index (χ1n) is 13.3. The van der Waals surface area contributed by atoms with Crippen LogP contribution in [0.3, 0.4) is 0 Å². The second-order valence-corrected chi connectivity index (χ2v) is 13.5. The summed E-state index contributed by atoms with van der Waals surface area (Å²) in [6.45, 7) is 16.4. The Morgan fingerprint density at radius 2 is 1.71 bits per heavy atom. The van der Waals surface area contributed by atoms with Crippen molar-refractivity contribution in [3.8, 4) is 0 Å². The van der Waals surface area contributed by atoms with Crippen molar-refractivity contribution >= 4 is 5.78 Å². The van der Waals surface area contributed by atoms with Crippen LogP contribution in [0.1, 0.15) is 106 Å². The van der Waals surface area contributed by atoms with Gasteiger partial charge < -0.3 is 5.11 Å². The van der Waals surface area contributed by atoms with Crippen molar-refractivity contribution in [3.63, 3.8) is 0 Å². The molecule has 31 heavy (non-hydrogen) atoms. The van der Waals surface area contributed by atoms with E-state index >= 15 is 0 Å². The highest BCUT2D eigenvalue weighted by molar-refractivity contribution is 5.78. The van der Waals surface area contributed by atoms with Gasteiger partial charge in [-0.25, -0.2) is 0 Å². The van der Waals surface area contributed by atoms with Gasteiger partial charge in [-0.1, -0.05) is 60.1 Å². The first-order chi connectivity index (χ1) is 14.4. The largest absolute Gasteiger partial charge is 0.392 e. The summed E-state index contributed by atoms with van der Waals surface area (Å²) in [4.78, 5) is 12.6. The smallest absolute Gasteiger partial charge is 0.133 e. The standard InChI is InChI=1S/C29H48O2/c1-18(2)16-20(30)17-19(3)22-9-10-23-21-8-11-25-27(4,5)26(31)13-15-29(25,7)24(21)12-14-28(22,23)6/h11,18-19,21-24,26,31H,8-10,12-17H2,1-7H3/t19-,21+,22-,23+,24+,26+,28-,29-/m1/s1. The quantitative estimate of drug-likeness (QED) is 0.470. The van der Waals surface area contributed by atoms with Gasteiger partial charge in [0.2, 0.25) is 0 Å². The fraction of sp³-hybridized carbons (Fsp3) is 0.897. The van der Waals surface area contributed by atoms with Crippen LogP contribution in [-0.2, 0) is 4.79 Å². The predicted octanol–water partition coefficient (Wildman–Crippen LogP) is 7.20. The molecule has 1 N–H and O–H groups in total. The molecule has 0 amide bonds.